The van der Waals surface area contributed by atoms with Gasteiger partial charge >= 0.3 is 0 Å². The highest BCUT2D eigenvalue weighted by Gasteiger charge is 2.03. The van der Waals surface area contributed by atoms with Crippen molar-refractivity contribution in [2.24, 2.45) is 0 Å². The number of hydrogen-bond acceptors (Lipinski definition) is 3. The van der Waals surface area contributed by atoms with Gasteiger partial charge in [0.15, 0.2) is 0 Å². The molecule has 2 aromatic carbocycles. The van der Waals surface area contributed by atoms with Gasteiger partial charge in [-0.15, -0.1) is 0 Å². The van der Waals surface area contributed by atoms with Crippen LogP contribution in [0.25, 0.3) is 0 Å². The number of hydrogen-bond donors (Lipinski definition) is 1. The van der Waals surface area contributed by atoms with Gasteiger partial charge in [-0.25, -0.2) is 0 Å². The third-order valence-electron chi connectivity index (χ3n) is 2.64. The minimum atomic E-state index is -0.0809. The van der Waals surface area contributed by atoms with Crippen LogP contribution in [0.3, 0.4) is 0 Å². The Morgan fingerprint density at radius 2 is 1.89 bits per heavy atom. The number of halogens is 1. The van der Waals surface area contributed by atoms with E-state index in [4.69, 9.17) is 26.2 Å². The van der Waals surface area contributed by atoms with Gasteiger partial charge in [0.25, 0.3) is 0 Å². The van der Waals surface area contributed by atoms with Crippen molar-refractivity contribution in [3.05, 3.63) is 58.6 Å². The quantitative estimate of drug-likeness (QED) is 0.905. The number of aliphatic hydroxyl groups excluding tert-OH is 1. The molecule has 0 amide bonds. The second-order valence-electron chi connectivity index (χ2n) is 4.09. The molecule has 0 atom stereocenters. The van der Waals surface area contributed by atoms with Gasteiger partial charge in [-0.05, 0) is 35.4 Å². The Labute approximate surface area is 117 Å². The summed E-state index contributed by atoms with van der Waals surface area (Å²) in [5.41, 5.74) is 1.72. The summed E-state index contributed by atoms with van der Waals surface area (Å²) in [4.78, 5) is 0. The molecule has 100 valence electrons. The minimum absolute atomic E-state index is 0.0809. The van der Waals surface area contributed by atoms with Crippen LogP contribution in [0, 0.1) is 0 Å². The number of benzene rings is 2. The third-order valence-corrected chi connectivity index (χ3v) is 2.99. The van der Waals surface area contributed by atoms with E-state index in [0.717, 1.165) is 11.3 Å². The first kappa shape index (κ1) is 13.9. The van der Waals surface area contributed by atoms with Gasteiger partial charge in [0.1, 0.15) is 11.5 Å². The monoisotopic (exact) mass is 278 g/mol. The zero-order chi connectivity index (χ0) is 13.7. The van der Waals surface area contributed by atoms with Crippen LogP contribution in [-0.2, 0) is 18.0 Å². The van der Waals surface area contributed by atoms with Gasteiger partial charge in [0, 0.05) is 12.1 Å². The van der Waals surface area contributed by atoms with Crippen LogP contribution < -0.4 is 4.74 Å². The lowest BCUT2D eigenvalue weighted by Crippen LogP contribution is -1.90. The maximum Gasteiger partial charge on any atom is 0.128 e. The summed E-state index contributed by atoms with van der Waals surface area (Å²) in [6.07, 6.45) is 0. The fraction of sp³-hybridized carbons (Fsp3) is 0.200. The van der Waals surface area contributed by atoms with Crippen LogP contribution >= 0.6 is 11.6 Å². The lowest BCUT2D eigenvalue weighted by atomic mass is 10.2. The van der Waals surface area contributed by atoms with Crippen molar-refractivity contribution in [2.45, 2.75) is 13.2 Å². The molecular weight excluding hydrogens is 264 g/mol. The van der Waals surface area contributed by atoms with Gasteiger partial charge < -0.3 is 14.6 Å². The first-order valence-corrected chi connectivity index (χ1v) is 6.25. The number of methoxy groups -OCH3 is 1. The lowest BCUT2D eigenvalue weighted by molar-refractivity contribution is 0.184. The van der Waals surface area contributed by atoms with Crippen LogP contribution in [0.1, 0.15) is 11.1 Å². The molecule has 0 saturated heterocycles. The Morgan fingerprint density at radius 3 is 2.58 bits per heavy atom. The molecule has 0 aliphatic rings. The molecule has 0 heterocycles. The van der Waals surface area contributed by atoms with Gasteiger partial charge in [-0.3, -0.25) is 0 Å². The van der Waals surface area contributed by atoms with Crippen LogP contribution in [0.15, 0.2) is 42.5 Å². The van der Waals surface area contributed by atoms with Crippen LogP contribution in [0.2, 0.25) is 5.02 Å². The number of aliphatic hydroxyl groups is 1. The molecule has 2 aromatic rings. The normalized spacial score (nSPS) is 10.5. The van der Waals surface area contributed by atoms with E-state index in [2.05, 4.69) is 0 Å². The molecule has 19 heavy (non-hydrogen) atoms. The van der Waals surface area contributed by atoms with E-state index < -0.39 is 0 Å². The summed E-state index contributed by atoms with van der Waals surface area (Å²) >= 11 is 6.02. The molecule has 0 saturated carbocycles. The largest absolute Gasteiger partial charge is 0.457 e. The van der Waals surface area contributed by atoms with E-state index in [-0.39, 0.29) is 6.61 Å². The predicted octanol–water partition coefficient (Wildman–Crippen LogP) is 3.77. The van der Waals surface area contributed by atoms with Crippen molar-refractivity contribution < 1.29 is 14.6 Å². The molecule has 0 aromatic heterocycles. The van der Waals surface area contributed by atoms with E-state index in [1.807, 2.05) is 24.3 Å². The van der Waals surface area contributed by atoms with E-state index in [9.17, 15) is 0 Å². The SMILES string of the molecule is COCc1cccc(Oc2ccc(CO)c(Cl)c2)c1. The predicted molar refractivity (Wildman–Crippen MR) is 74.6 cm³/mol. The number of rotatable bonds is 5. The van der Waals surface area contributed by atoms with E-state index >= 15 is 0 Å². The fourth-order valence-electron chi connectivity index (χ4n) is 1.72. The summed E-state index contributed by atoms with van der Waals surface area (Å²) < 4.78 is 10.8. The third kappa shape index (κ3) is 3.70. The molecule has 0 bridgehead atoms. The van der Waals surface area contributed by atoms with Gasteiger partial charge in [-0.1, -0.05) is 29.8 Å². The Bertz CT molecular complexity index is 555. The van der Waals surface area contributed by atoms with Crippen molar-refractivity contribution in [3.63, 3.8) is 0 Å². The Kier molecular flexibility index (Phi) is 4.80. The van der Waals surface area contributed by atoms with Crippen molar-refractivity contribution in [1.82, 2.24) is 0 Å². The van der Waals surface area contributed by atoms with Crippen LogP contribution in [0.4, 0.5) is 0 Å². The molecule has 1 N–H and O–H groups in total. The second-order valence-corrected chi connectivity index (χ2v) is 4.50. The van der Waals surface area contributed by atoms with Crippen molar-refractivity contribution in [1.29, 1.82) is 0 Å². The van der Waals surface area contributed by atoms with Crippen LogP contribution in [0.5, 0.6) is 11.5 Å². The molecule has 0 aliphatic heterocycles. The highest BCUT2D eigenvalue weighted by atomic mass is 35.5. The Balaban J connectivity index is 2.16. The summed E-state index contributed by atoms with van der Waals surface area (Å²) in [5.74, 6) is 1.36. The average Bonchev–Trinajstić information content (AvgIpc) is 2.40. The molecule has 4 heteroatoms. The van der Waals surface area contributed by atoms with Gasteiger partial charge in [0.2, 0.25) is 0 Å². The van der Waals surface area contributed by atoms with Gasteiger partial charge in [0.05, 0.1) is 13.2 Å². The molecule has 0 radical (unpaired) electrons. The second kappa shape index (κ2) is 6.57. The first-order chi connectivity index (χ1) is 9.22. The maximum absolute atomic E-state index is 9.06. The summed E-state index contributed by atoms with van der Waals surface area (Å²) in [6, 6.07) is 12.9. The van der Waals surface area contributed by atoms with E-state index in [1.165, 1.54) is 0 Å². The number of ether oxygens (including phenoxy) is 2. The highest BCUT2D eigenvalue weighted by Crippen LogP contribution is 2.27. The molecule has 2 rings (SSSR count). The Morgan fingerprint density at radius 1 is 1.11 bits per heavy atom. The smallest absolute Gasteiger partial charge is 0.128 e. The van der Waals surface area contributed by atoms with Crippen molar-refractivity contribution >= 4 is 11.6 Å². The summed E-state index contributed by atoms with van der Waals surface area (Å²) in [7, 11) is 1.65. The highest BCUT2D eigenvalue weighted by molar-refractivity contribution is 6.31. The minimum Gasteiger partial charge on any atom is -0.457 e. The molecule has 0 unspecified atom stereocenters. The lowest BCUT2D eigenvalue weighted by Gasteiger charge is -2.09. The molecule has 0 fully saturated rings. The Hall–Kier alpha value is -1.55. The van der Waals surface area contributed by atoms with E-state index in [0.29, 0.717) is 22.9 Å². The zero-order valence-electron chi connectivity index (χ0n) is 10.6. The molecule has 3 nitrogen and oxygen atoms in total. The fourth-order valence-corrected chi connectivity index (χ4v) is 1.95. The topological polar surface area (TPSA) is 38.7 Å². The first-order valence-electron chi connectivity index (χ1n) is 5.88. The maximum atomic E-state index is 9.06. The zero-order valence-corrected chi connectivity index (χ0v) is 11.4. The van der Waals surface area contributed by atoms with Gasteiger partial charge in [-0.2, -0.15) is 0 Å². The van der Waals surface area contributed by atoms with Crippen molar-refractivity contribution in [2.75, 3.05) is 7.11 Å². The standard InChI is InChI=1S/C15H15ClO3/c1-18-10-11-3-2-4-13(7-11)19-14-6-5-12(9-17)15(16)8-14/h2-8,17H,9-10H2,1H3. The van der Waals surface area contributed by atoms with Crippen molar-refractivity contribution in [3.8, 4) is 11.5 Å². The van der Waals surface area contributed by atoms with E-state index in [1.54, 1.807) is 25.3 Å². The summed E-state index contributed by atoms with van der Waals surface area (Å²) in [5, 5.41) is 9.55. The molecular formula is C15H15ClO3. The summed E-state index contributed by atoms with van der Waals surface area (Å²) in [6.45, 7) is 0.462. The molecule has 0 spiro atoms. The molecule has 0 aliphatic carbocycles. The van der Waals surface area contributed by atoms with Crippen LogP contribution in [-0.4, -0.2) is 12.2 Å². The average molecular weight is 279 g/mol.